The fourth-order valence-corrected chi connectivity index (χ4v) is 13.4. The van der Waals surface area contributed by atoms with Gasteiger partial charge in [0.25, 0.3) is 0 Å². The number of hydrogen-bond donors (Lipinski definition) is 0. The summed E-state index contributed by atoms with van der Waals surface area (Å²) in [5.74, 6) is 0. The Hall–Kier alpha value is -6.48. The quantitative estimate of drug-likeness (QED) is 0.164. The van der Waals surface area contributed by atoms with Crippen molar-refractivity contribution in [1.82, 2.24) is 0 Å². The predicted octanol–water partition coefficient (Wildman–Crippen LogP) is 12.6. The SMILES string of the molecule is C[Si]1(C)c2ccccc2C2(c3ccccc3-c3cccc4cccc2c34)c2ccc(N(c3ccccc3)c3ccc4ccccc4c3-c3ccccc3)cc21. The van der Waals surface area contributed by atoms with Crippen LogP contribution in [0.1, 0.15) is 22.3 Å². The fraction of sp³-hybridized carbons (Fsp3) is 0.0566. The van der Waals surface area contributed by atoms with Gasteiger partial charge >= 0.3 is 0 Å². The highest BCUT2D eigenvalue weighted by Gasteiger charge is 2.52. The molecule has 0 bridgehead atoms. The monoisotopic (exact) mass is 717 g/mol. The second kappa shape index (κ2) is 12.0. The average molecular weight is 718 g/mol. The van der Waals surface area contributed by atoms with Crippen molar-refractivity contribution in [3.63, 3.8) is 0 Å². The molecule has 1 spiro atoms. The molecule has 0 aromatic heterocycles. The summed E-state index contributed by atoms with van der Waals surface area (Å²) in [6.45, 7) is 5.12. The minimum atomic E-state index is -2.26. The van der Waals surface area contributed by atoms with Crippen LogP contribution in [0.5, 0.6) is 0 Å². The van der Waals surface area contributed by atoms with Crippen molar-refractivity contribution >= 4 is 57.1 Å². The third-order valence-corrected chi connectivity index (χ3v) is 16.0. The van der Waals surface area contributed by atoms with Crippen LogP contribution in [0.3, 0.4) is 0 Å². The molecule has 1 unspecified atom stereocenters. The summed E-state index contributed by atoms with van der Waals surface area (Å²) in [7, 11) is -2.26. The second-order valence-electron chi connectivity index (χ2n) is 15.6. The van der Waals surface area contributed by atoms with E-state index in [-0.39, 0.29) is 0 Å². The molecule has 1 aliphatic carbocycles. The molecule has 1 aliphatic heterocycles. The van der Waals surface area contributed by atoms with E-state index in [9.17, 15) is 0 Å². The van der Waals surface area contributed by atoms with Gasteiger partial charge in [-0.05, 0) is 101 Å². The molecule has 260 valence electrons. The number of hydrogen-bond acceptors (Lipinski definition) is 1. The third kappa shape index (κ3) is 4.46. The van der Waals surface area contributed by atoms with Crippen LogP contribution in [-0.2, 0) is 5.41 Å². The van der Waals surface area contributed by atoms with Crippen molar-refractivity contribution in [2.45, 2.75) is 18.5 Å². The molecule has 0 saturated carbocycles. The van der Waals surface area contributed by atoms with Gasteiger partial charge in [-0.2, -0.15) is 0 Å². The zero-order chi connectivity index (χ0) is 36.7. The molecule has 0 fully saturated rings. The van der Waals surface area contributed by atoms with Crippen LogP contribution >= 0.6 is 0 Å². The molecule has 9 aromatic rings. The Morgan fingerprint density at radius 1 is 0.418 bits per heavy atom. The maximum atomic E-state index is 2.57. The van der Waals surface area contributed by atoms with Crippen molar-refractivity contribution in [2.75, 3.05) is 4.90 Å². The first kappa shape index (κ1) is 32.0. The molecule has 0 radical (unpaired) electrons. The summed E-state index contributed by atoms with van der Waals surface area (Å²) >= 11 is 0. The third-order valence-electron chi connectivity index (χ3n) is 12.5. The van der Waals surface area contributed by atoms with E-state index in [0.29, 0.717) is 0 Å². The molecule has 0 saturated heterocycles. The fourth-order valence-electron chi connectivity index (χ4n) is 10.2. The summed E-state index contributed by atoms with van der Waals surface area (Å²) in [5, 5.41) is 8.14. The maximum absolute atomic E-state index is 2.57. The molecule has 11 rings (SSSR count). The van der Waals surface area contributed by atoms with Gasteiger partial charge in [0, 0.05) is 16.9 Å². The van der Waals surface area contributed by atoms with E-state index >= 15 is 0 Å². The van der Waals surface area contributed by atoms with Crippen LogP contribution in [0.4, 0.5) is 17.1 Å². The van der Waals surface area contributed by atoms with E-state index in [4.69, 9.17) is 0 Å². The Balaban J connectivity index is 1.25. The van der Waals surface area contributed by atoms with Gasteiger partial charge in [0.05, 0.1) is 11.1 Å². The Bertz CT molecular complexity index is 2960. The van der Waals surface area contributed by atoms with E-state index in [1.165, 1.54) is 87.8 Å². The van der Waals surface area contributed by atoms with Crippen molar-refractivity contribution in [3.05, 3.63) is 222 Å². The number of para-hydroxylation sites is 1. The normalized spacial score (nSPS) is 16.0. The first-order chi connectivity index (χ1) is 27.1. The lowest BCUT2D eigenvalue weighted by atomic mass is 9.59. The van der Waals surface area contributed by atoms with Gasteiger partial charge in [-0.1, -0.05) is 183 Å². The first-order valence-electron chi connectivity index (χ1n) is 19.4. The predicted molar refractivity (Wildman–Crippen MR) is 236 cm³/mol. The van der Waals surface area contributed by atoms with E-state index in [0.717, 1.165) is 5.69 Å². The molecule has 55 heavy (non-hydrogen) atoms. The van der Waals surface area contributed by atoms with Crippen LogP contribution in [0.15, 0.2) is 200 Å². The minimum absolute atomic E-state index is 0.465. The van der Waals surface area contributed by atoms with Gasteiger partial charge < -0.3 is 4.90 Å². The van der Waals surface area contributed by atoms with Gasteiger partial charge in [0.15, 0.2) is 0 Å². The highest BCUT2D eigenvalue weighted by Crippen LogP contribution is 2.56. The number of nitrogens with zero attached hydrogens (tertiary/aromatic N) is 1. The minimum Gasteiger partial charge on any atom is -0.310 e. The van der Waals surface area contributed by atoms with Crippen LogP contribution in [-0.4, -0.2) is 8.07 Å². The summed E-state index contributed by atoms with van der Waals surface area (Å²) in [6.07, 6.45) is 0. The van der Waals surface area contributed by atoms with Crippen molar-refractivity contribution in [2.24, 2.45) is 0 Å². The Morgan fingerprint density at radius 2 is 1.04 bits per heavy atom. The summed E-state index contributed by atoms with van der Waals surface area (Å²) in [5.41, 5.74) is 13.7. The highest BCUT2D eigenvalue weighted by molar-refractivity contribution is 7.01. The second-order valence-corrected chi connectivity index (χ2v) is 20.0. The summed E-state index contributed by atoms with van der Waals surface area (Å²) < 4.78 is 0. The lowest BCUT2D eigenvalue weighted by Gasteiger charge is -2.50. The van der Waals surface area contributed by atoms with Gasteiger partial charge in [-0.25, -0.2) is 0 Å². The average Bonchev–Trinajstić information content (AvgIpc) is 3.25. The van der Waals surface area contributed by atoms with Gasteiger partial charge in [-0.15, -0.1) is 0 Å². The summed E-state index contributed by atoms with van der Waals surface area (Å²) in [6, 6.07) is 75.1. The molecular weight excluding hydrogens is 679 g/mol. The van der Waals surface area contributed by atoms with E-state index in [1.54, 1.807) is 0 Å². The van der Waals surface area contributed by atoms with Gasteiger partial charge in [0.2, 0.25) is 0 Å². The number of fused-ring (bicyclic) bond motifs is 9. The number of anilines is 3. The Labute approximate surface area is 323 Å². The zero-order valence-corrected chi connectivity index (χ0v) is 32.0. The van der Waals surface area contributed by atoms with Crippen LogP contribution in [0.25, 0.3) is 43.8 Å². The molecule has 0 N–H and O–H groups in total. The smallest absolute Gasteiger partial charge is 0.113 e. The molecule has 2 heteroatoms. The number of benzene rings is 9. The molecule has 9 aromatic carbocycles. The van der Waals surface area contributed by atoms with Gasteiger partial charge in [0.1, 0.15) is 8.07 Å². The lowest BCUT2D eigenvalue weighted by Crippen LogP contribution is -2.63. The first-order valence-corrected chi connectivity index (χ1v) is 22.4. The Kier molecular flexibility index (Phi) is 6.99. The maximum Gasteiger partial charge on any atom is 0.113 e. The standard InChI is InChI=1S/C53H39NSi/c1-55(2)49-30-14-13-28-45(49)53(44-27-12-11-25-42(44)43-26-15-20-37-21-16-29-47(53)51(37)43)46-33-32-40(35-50(46)55)54(39-22-7-4-8-23-39)48-34-31-36-17-9-10-24-41(36)52(48)38-18-5-3-6-19-38/h3-35H,1-2H3. The highest BCUT2D eigenvalue weighted by atomic mass is 28.3. The molecule has 1 nitrogen and oxygen atoms in total. The zero-order valence-electron chi connectivity index (χ0n) is 31.0. The molecule has 1 heterocycles. The van der Waals surface area contributed by atoms with E-state index in [2.05, 4.69) is 218 Å². The van der Waals surface area contributed by atoms with Crippen molar-refractivity contribution in [1.29, 1.82) is 0 Å². The lowest BCUT2D eigenvalue weighted by molar-refractivity contribution is 0.754. The molecule has 0 amide bonds. The molecule has 2 aliphatic rings. The van der Waals surface area contributed by atoms with Crippen molar-refractivity contribution < 1.29 is 0 Å². The summed E-state index contributed by atoms with van der Waals surface area (Å²) in [4.78, 5) is 2.50. The topological polar surface area (TPSA) is 3.24 Å². The Morgan fingerprint density at radius 3 is 1.87 bits per heavy atom. The van der Waals surface area contributed by atoms with Crippen LogP contribution < -0.4 is 15.3 Å². The van der Waals surface area contributed by atoms with E-state index in [1.807, 2.05) is 0 Å². The van der Waals surface area contributed by atoms with Gasteiger partial charge in [-0.3, -0.25) is 0 Å². The largest absolute Gasteiger partial charge is 0.310 e. The van der Waals surface area contributed by atoms with E-state index < -0.39 is 13.5 Å². The molecular formula is C53H39NSi. The van der Waals surface area contributed by atoms with Crippen LogP contribution in [0.2, 0.25) is 13.1 Å². The van der Waals surface area contributed by atoms with Crippen LogP contribution in [0, 0.1) is 0 Å². The van der Waals surface area contributed by atoms with Crippen molar-refractivity contribution in [3.8, 4) is 22.3 Å². The molecule has 1 atom stereocenters. The number of rotatable bonds is 4.